The number of carbonyl (C=O) groups excluding carboxylic acids is 1. The third-order valence-electron chi connectivity index (χ3n) is 4.81. The van der Waals surface area contributed by atoms with Crippen LogP contribution in [0, 0.1) is 11.6 Å². The summed E-state index contributed by atoms with van der Waals surface area (Å²) in [4.78, 5) is 12.3. The van der Waals surface area contributed by atoms with Gasteiger partial charge in [0.25, 0.3) is 0 Å². The van der Waals surface area contributed by atoms with E-state index in [-0.39, 0.29) is 18.2 Å². The van der Waals surface area contributed by atoms with Crippen LogP contribution in [0.3, 0.4) is 0 Å². The molecule has 0 bridgehead atoms. The van der Waals surface area contributed by atoms with Crippen molar-refractivity contribution in [2.24, 2.45) is 0 Å². The highest BCUT2D eigenvalue weighted by Gasteiger charge is 2.25. The highest BCUT2D eigenvalue weighted by molar-refractivity contribution is 9.10. The Morgan fingerprint density at radius 1 is 1.07 bits per heavy atom. The first-order valence-electron chi connectivity index (χ1n) is 9.01. The van der Waals surface area contributed by atoms with Gasteiger partial charge >= 0.3 is 6.03 Å². The number of anilines is 1. The number of nitrogens with one attached hydrogen (secondary N) is 2. The highest BCUT2D eigenvalue weighted by atomic mass is 79.9. The Morgan fingerprint density at radius 2 is 1.90 bits per heavy atom. The second kappa shape index (κ2) is 8.21. The summed E-state index contributed by atoms with van der Waals surface area (Å²) in [6, 6.07) is 16.1. The summed E-state index contributed by atoms with van der Waals surface area (Å²) in [5.41, 5.74) is 2.95. The molecule has 4 rings (SSSR count). The summed E-state index contributed by atoms with van der Waals surface area (Å²) in [7, 11) is 0. The molecule has 148 valence electrons. The smallest absolute Gasteiger partial charge is 0.319 e. The van der Waals surface area contributed by atoms with E-state index in [1.165, 1.54) is 6.07 Å². The standard InChI is InChI=1S/C22H17BrF2N2O2/c23-14-5-8-21-17(9-14)18(16-4-2-1-3-13(16)12-29-21)11-26-22(28)27-20-7-6-15(24)10-19(20)25/h1-10,18H,11-12H2,(H2,26,27,28). The molecular weight excluding hydrogens is 442 g/mol. The molecule has 0 spiro atoms. The van der Waals surface area contributed by atoms with Crippen molar-refractivity contribution in [2.75, 3.05) is 11.9 Å². The fraction of sp³-hybridized carbons (Fsp3) is 0.136. The largest absolute Gasteiger partial charge is 0.489 e. The summed E-state index contributed by atoms with van der Waals surface area (Å²) >= 11 is 3.49. The molecule has 0 aliphatic carbocycles. The maximum absolute atomic E-state index is 13.8. The van der Waals surface area contributed by atoms with Gasteiger partial charge in [0, 0.05) is 28.6 Å². The van der Waals surface area contributed by atoms with Crippen molar-refractivity contribution in [3.8, 4) is 5.75 Å². The number of urea groups is 1. The van der Waals surface area contributed by atoms with Crippen LogP contribution >= 0.6 is 15.9 Å². The number of hydrogen-bond donors (Lipinski definition) is 2. The number of carbonyl (C=O) groups is 1. The van der Waals surface area contributed by atoms with Crippen molar-refractivity contribution in [1.29, 1.82) is 0 Å². The van der Waals surface area contributed by atoms with E-state index in [1.54, 1.807) is 0 Å². The minimum atomic E-state index is -0.831. The number of amides is 2. The first kappa shape index (κ1) is 19.4. The molecular formula is C22H17BrF2N2O2. The Bertz CT molecular complexity index is 1070. The molecule has 2 N–H and O–H groups in total. The molecule has 1 unspecified atom stereocenters. The van der Waals surface area contributed by atoms with Crippen molar-refractivity contribution in [1.82, 2.24) is 5.32 Å². The van der Waals surface area contributed by atoms with Crippen LogP contribution in [-0.2, 0) is 6.61 Å². The van der Waals surface area contributed by atoms with Crippen molar-refractivity contribution in [3.63, 3.8) is 0 Å². The molecule has 4 nitrogen and oxygen atoms in total. The van der Waals surface area contributed by atoms with Gasteiger partial charge in [-0.25, -0.2) is 13.6 Å². The van der Waals surface area contributed by atoms with Crippen molar-refractivity contribution in [3.05, 3.63) is 93.5 Å². The van der Waals surface area contributed by atoms with Gasteiger partial charge in [-0.1, -0.05) is 40.2 Å². The summed E-state index contributed by atoms with van der Waals surface area (Å²) < 4.78 is 33.7. The van der Waals surface area contributed by atoms with E-state index < -0.39 is 17.7 Å². The third-order valence-corrected chi connectivity index (χ3v) is 5.30. The number of halogens is 3. The van der Waals surface area contributed by atoms with E-state index in [0.29, 0.717) is 6.61 Å². The van der Waals surface area contributed by atoms with Crippen LogP contribution in [-0.4, -0.2) is 12.6 Å². The molecule has 1 atom stereocenters. The van der Waals surface area contributed by atoms with Crippen LogP contribution in [0.25, 0.3) is 0 Å². The molecule has 1 aliphatic rings. The molecule has 29 heavy (non-hydrogen) atoms. The van der Waals surface area contributed by atoms with Gasteiger partial charge in [-0.2, -0.15) is 0 Å². The molecule has 1 aliphatic heterocycles. The van der Waals surface area contributed by atoms with Crippen LogP contribution < -0.4 is 15.4 Å². The third kappa shape index (κ3) is 4.24. The first-order valence-corrected chi connectivity index (χ1v) is 9.80. The average molecular weight is 459 g/mol. The van der Waals surface area contributed by atoms with Crippen molar-refractivity contribution >= 4 is 27.6 Å². The van der Waals surface area contributed by atoms with Gasteiger partial charge in [-0.15, -0.1) is 0 Å². The molecule has 0 aromatic heterocycles. The fourth-order valence-electron chi connectivity index (χ4n) is 3.42. The number of fused-ring (bicyclic) bond motifs is 2. The Hall–Kier alpha value is -2.93. The second-order valence-corrected chi connectivity index (χ2v) is 7.60. The lowest BCUT2D eigenvalue weighted by atomic mass is 9.88. The van der Waals surface area contributed by atoms with Gasteiger partial charge in [0.05, 0.1) is 5.69 Å². The Morgan fingerprint density at radius 3 is 2.72 bits per heavy atom. The minimum absolute atomic E-state index is 0.0864. The Kier molecular flexibility index (Phi) is 5.49. The number of rotatable bonds is 3. The predicted molar refractivity (Wildman–Crippen MR) is 110 cm³/mol. The predicted octanol–water partition coefficient (Wildman–Crippen LogP) is 5.57. The Balaban J connectivity index is 1.57. The number of hydrogen-bond acceptors (Lipinski definition) is 2. The summed E-state index contributed by atoms with van der Waals surface area (Å²) in [6.45, 7) is 0.715. The van der Waals surface area contributed by atoms with Crippen LogP contribution in [0.4, 0.5) is 19.3 Å². The number of benzene rings is 3. The molecule has 1 heterocycles. The molecule has 3 aromatic rings. The average Bonchev–Trinajstić information content (AvgIpc) is 2.85. The zero-order valence-electron chi connectivity index (χ0n) is 15.2. The fourth-order valence-corrected chi connectivity index (χ4v) is 3.80. The van der Waals surface area contributed by atoms with Crippen LogP contribution in [0.2, 0.25) is 0 Å². The van der Waals surface area contributed by atoms with Crippen molar-refractivity contribution < 1.29 is 18.3 Å². The van der Waals surface area contributed by atoms with Crippen LogP contribution in [0.5, 0.6) is 5.75 Å². The van der Waals surface area contributed by atoms with Gasteiger partial charge in [0.2, 0.25) is 0 Å². The van der Waals surface area contributed by atoms with Gasteiger partial charge in [0.15, 0.2) is 0 Å². The monoisotopic (exact) mass is 458 g/mol. The molecule has 0 saturated heterocycles. The van der Waals surface area contributed by atoms with Gasteiger partial charge in [-0.05, 0) is 41.5 Å². The summed E-state index contributed by atoms with van der Waals surface area (Å²) in [5, 5.41) is 5.21. The highest BCUT2D eigenvalue weighted by Crippen LogP contribution is 2.38. The van der Waals surface area contributed by atoms with Gasteiger partial charge in [-0.3, -0.25) is 0 Å². The minimum Gasteiger partial charge on any atom is -0.489 e. The van der Waals surface area contributed by atoms with E-state index >= 15 is 0 Å². The zero-order valence-corrected chi connectivity index (χ0v) is 16.8. The topological polar surface area (TPSA) is 50.4 Å². The lowest BCUT2D eigenvalue weighted by molar-refractivity contribution is 0.251. The first-order chi connectivity index (χ1) is 14.0. The lowest BCUT2D eigenvalue weighted by Gasteiger charge is -2.20. The quantitative estimate of drug-likeness (QED) is 0.538. The van der Waals surface area contributed by atoms with Gasteiger partial charge < -0.3 is 15.4 Å². The van der Waals surface area contributed by atoms with Crippen LogP contribution in [0.1, 0.15) is 22.6 Å². The SMILES string of the molecule is O=C(NCC1c2ccccc2COc2ccc(Br)cc21)Nc1ccc(F)cc1F. The Labute approximate surface area is 175 Å². The van der Waals surface area contributed by atoms with E-state index in [1.807, 2.05) is 42.5 Å². The van der Waals surface area contributed by atoms with Gasteiger partial charge in [0.1, 0.15) is 24.0 Å². The van der Waals surface area contributed by atoms with E-state index in [4.69, 9.17) is 4.74 Å². The number of ether oxygens (including phenoxy) is 1. The maximum Gasteiger partial charge on any atom is 0.319 e. The molecule has 7 heteroatoms. The van der Waals surface area contributed by atoms with Crippen molar-refractivity contribution in [2.45, 2.75) is 12.5 Å². The normalized spacial score (nSPS) is 14.8. The molecule has 0 fully saturated rings. The van der Waals surface area contributed by atoms with E-state index in [9.17, 15) is 13.6 Å². The molecule has 3 aromatic carbocycles. The summed E-state index contributed by atoms with van der Waals surface area (Å²) in [6.07, 6.45) is 0. The van der Waals surface area contributed by atoms with Crippen LogP contribution in [0.15, 0.2) is 65.1 Å². The summed E-state index contributed by atoms with van der Waals surface area (Å²) in [5.74, 6) is -0.931. The lowest BCUT2D eigenvalue weighted by Crippen LogP contribution is -2.33. The second-order valence-electron chi connectivity index (χ2n) is 6.68. The molecule has 2 amide bonds. The molecule has 0 radical (unpaired) electrons. The zero-order chi connectivity index (χ0) is 20.4. The van der Waals surface area contributed by atoms with E-state index in [2.05, 4.69) is 26.6 Å². The molecule has 0 saturated carbocycles. The maximum atomic E-state index is 13.8. The van der Waals surface area contributed by atoms with E-state index in [0.717, 1.165) is 39.0 Å².